The molecule has 3 rings (SSSR count). The van der Waals surface area contributed by atoms with E-state index >= 15 is 0 Å². The number of hydrogen-bond donors (Lipinski definition) is 2. The lowest BCUT2D eigenvalue weighted by Crippen LogP contribution is -2.40. The zero-order valence-electron chi connectivity index (χ0n) is 13.8. The van der Waals surface area contributed by atoms with Crippen LogP contribution in [0.2, 0.25) is 0 Å². The van der Waals surface area contributed by atoms with Crippen molar-refractivity contribution >= 4 is 11.8 Å². The molecule has 1 unspecified atom stereocenters. The van der Waals surface area contributed by atoms with Gasteiger partial charge in [-0.25, -0.2) is 0 Å². The van der Waals surface area contributed by atoms with Crippen LogP contribution in [0.4, 0.5) is 0 Å². The number of likely N-dealkylation sites (N-methyl/N-ethyl adjacent to an activating group) is 1. The molecule has 3 aromatic rings. The van der Waals surface area contributed by atoms with Gasteiger partial charge in [0.15, 0.2) is 0 Å². The summed E-state index contributed by atoms with van der Waals surface area (Å²) in [5.74, 6) is -0.562. The van der Waals surface area contributed by atoms with E-state index < -0.39 is 6.04 Å². The van der Waals surface area contributed by atoms with Crippen molar-refractivity contribution in [2.45, 2.75) is 12.6 Å². The first kappa shape index (κ1) is 16.5. The fourth-order valence-corrected chi connectivity index (χ4v) is 2.52. The number of benzene rings is 1. The molecule has 2 N–H and O–H groups in total. The van der Waals surface area contributed by atoms with Gasteiger partial charge in [-0.05, 0) is 17.7 Å². The molecule has 1 aromatic carbocycles. The standard InChI is InChI=1S/C18H19N5O2/c1-19-18(25)17(14-7-3-2-4-8-14)21-16(24)13-23-12-15(11-20-23)22-9-5-6-10-22/h2-12,17H,13H2,1H3,(H,19,25)(H,21,24). The summed E-state index contributed by atoms with van der Waals surface area (Å²) >= 11 is 0. The van der Waals surface area contributed by atoms with Gasteiger partial charge in [0.1, 0.15) is 12.6 Å². The normalized spacial score (nSPS) is 11.7. The molecule has 7 nitrogen and oxygen atoms in total. The molecule has 0 bridgehead atoms. The highest BCUT2D eigenvalue weighted by Crippen LogP contribution is 2.13. The minimum atomic E-state index is -0.738. The van der Waals surface area contributed by atoms with Gasteiger partial charge in [0.2, 0.25) is 11.8 Å². The third-order valence-corrected chi connectivity index (χ3v) is 3.77. The van der Waals surface area contributed by atoms with Crippen LogP contribution in [0.25, 0.3) is 5.69 Å². The summed E-state index contributed by atoms with van der Waals surface area (Å²) in [5.41, 5.74) is 1.59. The van der Waals surface area contributed by atoms with Gasteiger partial charge >= 0.3 is 0 Å². The van der Waals surface area contributed by atoms with Gasteiger partial charge in [0, 0.05) is 25.6 Å². The number of carbonyl (C=O) groups excluding carboxylic acids is 2. The van der Waals surface area contributed by atoms with Crippen LogP contribution in [0.5, 0.6) is 0 Å². The Kier molecular flexibility index (Phi) is 4.94. The zero-order chi connectivity index (χ0) is 17.6. The van der Waals surface area contributed by atoms with E-state index in [1.54, 1.807) is 31.6 Å². The maximum atomic E-state index is 12.4. The highest BCUT2D eigenvalue weighted by molar-refractivity contribution is 5.88. The van der Waals surface area contributed by atoms with E-state index in [-0.39, 0.29) is 18.4 Å². The lowest BCUT2D eigenvalue weighted by atomic mass is 10.1. The summed E-state index contributed by atoms with van der Waals surface area (Å²) in [4.78, 5) is 24.5. The smallest absolute Gasteiger partial charge is 0.246 e. The van der Waals surface area contributed by atoms with Crippen LogP contribution in [0.15, 0.2) is 67.3 Å². The number of nitrogens with one attached hydrogen (secondary N) is 2. The molecule has 0 saturated heterocycles. The average Bonchev–Trinajstić information content (AvgIpc) is 3.31. The predicted molar refractivity (Wildman–Crippen MR) is 92.9 cm³/mol. The van der Waals surface area contributed by atoms with Crippen molar-refractivity contribution in [3.8, 4) is 5.69 Å². The van der Waals surface area contributed by atoms with Gasteiger partial charge < -0.3 is 15.2 Å². The molecule has 7 heteroatoms. The summed E-state index contributed by atoms with van der Waals surface area (Å²) in [6.45, 7) is 0.0294. The molecule has 0 fully saturated rings. The van der Waals surface area contributed by atoms with Gasteiger partial charge in [-0.15, -0.1) is 0 Å². The molecule has 0 saturated carbocycles. The molecule has 2 aromatic heterocycles. The molecular weight excluding hydrogens is 318 g/mol. The third kappa shape index (κ3) is 3.95. The first-order valence-electron chi connectivity index (χ1n) is 7.89. The number of aromatic nitrogens is 3. The molecule has 2 amide bonds. The fourth-order valence-electron chi connectivity index (χ4n) is 2.52. The molecule has 0 radical (unpaired) electrons. The maximum absolute atomic E-state index is 12.4. The molecular formula is C18H19N5O2. The maximum Gasteiger partial charge on any atom is 0.246 e. The number of amides is 2. The second-order valence-corrected chi connectivity index (χ2v) is 5.51. The third-order valence-electron chi connectivity index (χ3n) is 3.77. The predicted octanol–water partition coefficient (Wildman–Crippen LogP) is 1.28. The topological polar surface area (TPSA) is 81.0 Å². The van der Waals surface area contributed by atoms with E-state index in [1.165, 1.54) is 4.68 Å². The molecule has 0 aliphatic carbocycles. The van der Waals surface area contributed by atoms with Crippen LogP contribution >= 0.6 is 0 Å². The van der Waals surface area contributed by atoms with Crippen molar-refractivity contribution in [2.75, 3.05) is 7.05 Å². The number of carbonyl (C=O) groups is 2. The second-order valence-electron chi connectivity index (χ2n) is 5.51. The van der Waals surface area contributed by atoms with Gasteiger partial charge in [0.05, 0.1) is 11.9 Å². The minimum absolute atomic E-state index is 0.0294. The van der Waals surface area contributed by atoms with Crippen LogP contribution in [0, 0.1) is 0 Å². The molecule has 1 atom stereocenters. The van der Waals surface area contributed by atoms with E-state index in [1.807, 2.05) is 47.3 Å². The number of nitrogens with zero attached hydrogens (tertiary/aromatic N) is 3. The molecule has 0 spiro atoms. The first-order valence-corrected chi connectivity index (χ1v) is 7.89. The summed E-state index contributed by atoms with van der Waals surface area (Å²) < 4.78 is 3.44. The lowest BCUT2D eigenvalue weighted by molar-refractivity contribution is -0.129. The Labute approximate surface area is 145 Å². The van der Waals surface area contributed by atoms with Crippen molar-refractivity contribution in [3.05, 3.63) is 72.8 Å². The van der Waals surface area contributed by atoms with E-state index in [2.05, 4.69) is 15.7 Å². The van der Waals surface area contributed by atoms with Crippen LogP contribution in [-0.2, 0) is 16.1 Å². The van der Waals surface area contributed by atoms with Crippen molar-refractivity contribution in [2.24, 2.45) is 0 Å². The van der Waals surface area contributed by atoms with Crippen LogP contribution in [0.3, 0.4) is 0 Å². The summed E-state index contributed by atoms with van der Waals surface area (Å²) in [6.07, 6.45) is 7.26. The van der Waals surface area contributed by atoms with Crippen molar-refractivity contribution in [1.29, 1.82) is 0 Å². The van der Waals surface area contributed by atoms with E-state index in [4.69, 9.17) is 0 Å². The SMILES string of the molecule is CNC(=O)C(NC(=O)Cn1cc(-n2cccc2)cn1)c1ccccc1. The van der Waals surface area contributed by atoms with Crippen molar-refractivity contribution in [3.63, 3.8) is 0 Å². The van der Waals surface area contributed by atoms with Crippen LogP contribution in [-0.4, -0.2) is 33.2 Å². The lowest BCUT2D eigenvalue weighted by Gasteiger charge is -2.17. The Bertz CT molecular complexity index is 840. The van der Waals surface area contributed by atoms with Gasteiger partial charge in [-0.3, -0.25) is 14.3 Å². The molecule has 25 heavy (non-hydrogen) atoms. The Morgan fingerprint density at radius 1 is 1.12 bits per heavy atom. The van der Waals surface area contributed by atoms with Crippen LogP contribution in [0.1, 0.15) is 11.6 Å². The van der Waals surface area contributed by atoms with Crippen LogP contribution < -0.4 is 10.6 Å². The van der Waals surface area contributed by atoms with Crippen molar-refractivity contribution < 1.29 is 9.59 Å². The number of rotatable bonds is 6. The van der Waals surface area contributed by atoms with Gasteiger partial charge in [-0.1, -0.05) is 30.3 Å². The first-order chi connectivity index (χ1) is 12.2. The minimum Gasteiger partial charge on any atom is -0.357 e. The average molecular weight is 337 g/mol. The quantitative estimate of drug-likeness (QED) is 0.711. The monoisotopic (exact) mass is 337 g/mol. The van der Waals surface area contributed by atoms with Gasteiger partial charge in [0.25, 0.3) is 0 Å². The van der Waals surface area contributed by atoms with E-state index in [0.29, 0.717) is 0 Å². The molecule has 0 aliphatic heterocycles. The Morgan fingerprint density at radius 3 is 2.52 bits per heavy atom. The van der Waals surface area contributed by atoms with Gasteiger partial charge in [-0.2, -0.15) is 5.10 Å². The Hall–Kier alpha value is -3.35. The Balaban J connectivity index is 1.69. The molecule has 128 valence electrons. The van der Waals surface area contributed by atoms with E-state index in [0.717, 1.165) is 11.3 Å². The second kappa shape index (κ2) is 7.48. The highest BCUT2D eigenvalue weighted by atomic mass is 16.2. The Morgan fingerprint density at radius 2 is 1.84 bits per heavy atom. The van der Waals surface area contributed by atoms with E-state index in [9.17, 15) is 9.59 Å². The van der Waals surface area contributed by atoms with Crippen molar-refractivity contribution in [1.82, 2.24) is 25.0 Å². The molecule has 2 heterocycles. The summed E-state index contributed by atoms with van der Waals surface area (Å²) in [5, 5.41) is 9.53. The molecule has 0 aliphatic rings. The largest absolute Gasteiger partial charge is 0.357 e. The highest BCUT2D eigenvalue weighted by Gasteiger charge is 2.21. The number of hydrogen-bond acceptors (Lipinski definition) is 3. The zero-order valence-corrected chi connectivity index (χ0v) is 13.8. The summed E-state index contributed by atoms with van der Waals surface area (Å²) in [7, 11) is 1.54. The summed E-state index contributed by atoms with van der Waals surface area (Å²) in [6, 6.07) is 12.2. The fraction of sp³-hybridized carbons (Fsp3) is 0.167.